The third kappa shape index (κ3) is 3.85. The number of ether oxygens (including phenoxy) is 1. The molecule has 1 heterocycles. The second-order valence-electron chi connectivity index (χ2n) is 7.38. The third-order valence-electron chi connectivity index (χ3n) is 4.79. The number of aryl methyl sites for hydroxylation is 1. The fourth-order valence-corrected chi connectivity index (χ4v) is 3.09. The maximum atomic E-state index is 11.1. The van der Waals surface area contributed by atoms with Crippen LogP contribution in [0.5, 0.6) is 0 Å². The lowest BCUT2D eigenvalue weighted by molar-refractivity contribution is -0.140. The number of nitrogens with two attached hydrogens (primary N) is 1. The van der Waals surface area contributed by atoms with Crippen LogP contribution >= 0.6 is 0 Å². The van der Waals surface area contributed by atoms with E-state index in [1.165, 1.54) is 7.11 Å². The fraction of sp³-hybridized carbons (Fsp3) is 0.812. The maximum absolute atomic E-state index is 11.1. The molecule has 0 unspecified atom stereocenters. The topological polar surface area (TPSA) is 91.2 Å². The SMILES string of the molecule is COC(=O)CCc1nc(C2(N)CCC(C(C)(C)C)CC2)no1. The van der Waals surface area contributed by atoms with Crippen LogP contribution in [0.4, 0.5) is 0 Å². The average molecular weight is 309 g/mol. The standard InChI is InChI=1S/C16H27N3O3/c1-15(2,3)11-7-9-16(17,10-8-11)14-18-12(22-19-14)5-6-13(20)21-4/h11H,5-10,17H2,1-4H3. The Kier molecular flexibility index (Phi) is 4.90. The molecule has 1 aliphatic carbocycles. The maximum Gasteiger partial charge on any atom is 0.306 e. The number of esters is 1. The van der Waals surface area contributed by atoms with Crippen LogP contribution in [0, 0.1) is 11.3 Å². The largest absolute Gasteiger partial charge is 0.469 e. The Hall–Kier alpha value is -1.43. The minimum absolute atomic E-state index is 0.238. The van der Waals surface area contributed by atoms with Crippen molar-refractivity contribution in [3.8, 4) is 0 Å². The molecular weight excluding hydrogens is 282 g/mol. The van der Waals surface area contributed by atoms with Crippen molar-refractivity contribution in [2.45, 2.75) is 64.8 Å². The number of carbonyl (C=O) groups excluding carboxylic acids is 1. The van der Waals surface area contributed by atoms with Crippen molar-refractivity contribution < 1.29 is 14.1 Å². The molecule has 1 aliphatic rings. The van der Waals surface area contributed by atoms with E-state index >= 15 is 0 Å². The van der Waals surface area contributed by atoms with Gasteiger partial charge in [0.2, 0.25) is 5.89 Å². The summed E-state index contributed by atoms with van der Waals surface area (Å²) in [6.45, 7) is 6.83. The van der Waals surface area contributed by atoms with Crippen LogP contribution in [0.2, 0.25) is 0 Å². The highest BCUT2D eigenvalue weighted by atomic mass is 16.5. The Balaban J connectivity index is 1.97. The van der Waals surface area contributed by atoms with E-state index in [2.05, 4.69) is 35.6 Å². The molecule has 1 aromatic heterocycles. The van der Waals surface area contributed by atoms with Crippen LogP contribution in [0.1, 0.15) is 64.6 Å². The van der Waals surface area contributed by atoms with Crippen LogP contribution in [-0.2, 0) is 21.5 Å². The van der Waals surface area contributed by atoms with Gasteiger partial charge in [-0.05, 0) is 37.0 Å². The van der Waals surface area contributed by atoms with Gasteiger partial charge in [-0.2, -0.15) is 4.98 Å². The second-order valence-corrected chi connectivity index (χ2v) is 7.38. The van der Waals surface area contributed by atoms with Crippen molar-refractivity contribution in [1.82, 2.24) is 10.1 Å². The van der Waals surface area contributed by atoms with E-state index in [0.29, 0.717) is 29.5 Å². The van der Waals surface area contributed by atoms with Gasteiger partial charge in [-0.1, -0.05) is 25.9 Å². The molecule has 0 aromatic carbocycles. The molecule has 6 heteroatoms. The monoisotopic (exact) mass is 309 g/mol. The van der Waals surface area contributed by atoms with E-state index in [9.17, 15) is 4.79 Å². The van der Waals surface area contributed by atoms with Gasteiger partial charge in [0.25, 0.3) is 0 Å². The predicted molar refractivity (Wildman–Crippen MR) is 81.9 cm³/mol. The summed E-state index contributed by atoms with van der Waals surface area (Å²) >= 11 is 0. The molecule has 2 rings (SSSR count). The number of aromatic nitrogens is 2. The minimum atomic E-state index is -0.505. The zero-order valence-corrected chi connectivity index (χ0v) is 14.0. The van der Waals surface area contributed by atoms with Gasteiger partial charge in [-0.15, -0.1) is 0 Å². The molecule has 0 saturated heterocycles. The molecule has 1 saturated carbocycles. The summed E-state index contributed by atoms with van der Waals surface area (Å²) < 4.78 is 9.83. The first-order valence-corrected chi connectivity index (χ1v) is 7.93. The predicted octanol–water partition coefficient (Wildman–Crippen LogP) is 2.57. The quantitative estimate of drug-likeness (QED) is 0.859. The lowest BCUT2D eigenvalue weighted by Gasteiger charge is -2.40. The molecule has 6 nitrogen and oxygen atoms in total. The number of hydrogen-bond acceptors (Lipinski definition) is 6. The zero-order valence-electron chi connectivity index (χ0n) is 14.0. The summed E-state index contributed by atoms with van der Waals surface area (Å²) in [5, 5.41) is 4.04. The summed E-state index contributed by atoms with van der Waals surface area (Å²) in [5.41, 5.74) is 6.31. The van der Waals surface area contributed by atoms with Gasteiger partial charge < -0.3 is 15.0 Å². The third-order valence-corrected chi connectivity index (χ3v) is 4.79. The smallest absolute Gasteiger partial charge is 0.306 e. The van der Waals surface area contributed by atoms with E-state index in [1.54, 1.807) is 0 Å². The number of rotatable bonds is 4. The van der Waals surface area contributed by atoms with E-state index in [1.807, 2.05) is 0 Å². The lowest BCUT2D eigenvalue weighted by atomic mass is 9.67. The van der Waals surface area contributed by atoms with Gasteiger partial charge in [-0.3, -0.25) is 4.79 Å². The number of methoxy groups -OCH3 is 1. The highest BCUT2D eigenvalue weighted by Gasteiger charge is 2.40. The fourth-order valence-electron chi connectivity index (χ4n) is 3.09. The second kappa shape index (κ2) is 6.36. The summed E-state index contributed by atoms with van der Waals surface area (Å²) in [6.07, 6.45) is 4.51. The zero-order chi connectivity index (χ0) is 16.4. The van der Waals surface area contributed by atoms with E-state index in [-0.39, 0.29) is 12.4 Å². The van der Waals surface area contributed by atoms with Crippen molar-refractivity contribution in [2.24, 2.45) is 17.1 Å². The van der Waals surface area contributed by atoms with Gasteiger partial charge in [0.05, 0.1) is 19.1 Å². The Morgan fingerprint density at radius 2 is 2.05 bits per heavy atom. The van der Waals surface area contributed by atoms with Crippen molar-refractivity contribution in [3.63, 3.8) is 0 Å². The van der Waals surface area contributed by atoms with Crippen LogP contribution in [-0.4, -0.2) is 23.2 Å². The van der Waals surface area contributed by atoms with Gasteiger partial charge in [0.1, 0.15) is 0 Å². The molecule has 1 fully saturated rings. The average Bonchev–Trinajstić information content (AvgIpc) is 2.94. The molecule has 22 heavy (non-hydrogen) atoms. The number of nitrogens with zero attached hydrogens (tertiary/aromatic N) is 2. The van der Waals surface area contributed by atoms with Gasteiger partial charge in [0.15, 0.2) is 5.82 Å². The first kappa shape index (κ1) is 16.9. The van der Waals surface area contributed by atoms with Crippen molar-refractivity contribution >= 4 is 5.97 Å². The summed E-state index contributed by atoms with van der Waals surface area (Å²) in [6, 6.07) is 0. The van der Waals surface area contributed by atoms with E-state index < -0.39 is 5.54 Å². The first-order chi connectivity index (χ1) is 10.2. The normalized spacial score (nSPS) is 26.0. The molecule has 124 valence electrons. The van der Waals surface area contributed by atoms with E-state index in [0.717, 1.165) is 25.7 Å². The van der Waals surface area contributed by atoms with Crippen molar-refractivity contribution in [3.05, 3.63) is 11.7 Å². The van der Waals surface area contributed by atoms with Crippen LogP contribution in [0.15, 0.2) is 4.52 Å². The Bertz CT molecular complexity index is 511. The summed E-state index contributed by atoms with van der Waals surface area (Å²) in [4.78, 5) is 15.5. The van der Waals surface area contributed by atoms with Gasteiger partial charge in [-0.25, -0.2) is 0 Å². The molecule has 0 radical (unpaired) electrons. The highest BCUT2D eigenvalue weighted by Crippen LogP contribution is 2.43. The molecule has 0 spiro atoms. The van der Waals surface area contributed by atoms with E-state index in [4.69, 9.17) is 10.3 Å². The highest BCUT2D eigenvalue weighted by molar-refractivity contribution is 5.69. The molecule has 0 atom stereocenters. The van der Waals surface area contributed by atoms with Crippen LogP contribution < -0.4 is 5.73 Å². The molecule has 0 bridgehead atoms. The van der Waals surface area contributed by atoms with Gasteiger partial charge in [0, 0.05) is 6.42 Å². The summed E-state index contributed by atoms with van der Waals surface area (Å²) in [7, 11) is 1.37. The van der Waals surface area contributed by atoms with Crippen molar-refractivity contribution in [1.29, 1.82) is 0 Å². The minimum Gasteiger partial charge on any atom is -0.469 e. The molecule has 1 aromatic rings. The summed E-state index contributed by atoms with van der Waals surface area (Å²) in [5.74, 6) is 1.41. The Labute approximate surface area is 131 Å². The Morgan fingerprint density at radius 1 is 1.41 bits per heavy atom. The lowest BCUT2D eigenvalue weighted by Crippen LogP contribution is -2.43. The van der Waals surface area contributed by atoms with Crippen molar-refractivity contribution in [2.75, 3.05) is 7.11 Å². The van der Waals surface area contributed by atoms with Crippen LogP contribution in [0.25, 0.3) is 0 Å². The molecule has 2 N–H and O–H groups in total. The number of carbonyl (C=O) groups is 1. The molecular formula is C16H27N3O3. The van der Waals surface area contributed by atoms with Gasteiger partial charge >= 0.3 is 5.97 Å². The van der Waals surface area contributed by atoms with Crippen LogP contribution in [0.3, 0.4) is 0 Å². The molecule has 0 amide bonds. The Morgan fingerprint density at radius 3 is 2.59 bits per heavy atom. The number of hydrogen-bond donors (Lipinski definition) is 1. The molecule has 0 aliphatic heterocycles. The first-order valence-electron chi connectivity index (χ1n) is 7.93.